The quantitative estimate of drug-likeness (QED) is 0.351. The highest BCUT2D eigenvalue weighted by molar-refractivity contribution is 7.89. The number of aryl methyl sites for hydroxylation is 1. The highest BCUT2D eigenvalue weighted by Gasteiger charge is 2.16. The van der Waals surface area contributed by atoms with E-state index in [-0.39, 0.29) is 16.0 Å². The van der Waals surface area contributed by atoms with Crippen LogP contribution in [0.4, 0.5) is 16.9 Å². The van der Waals surface area contributed by atoms with E-state index in [9.17, 15) is 13.2 Å². The van der Waals surface area contributed by atoms with Crippen LogP contribution in [0.2, 0.25) is 5.15 Å². The first-order chi connectivity index (χ1) is 14.2. The molecule has 4 N–H and O–H groups in total. The van der Waals surface area contributed by atoms with Gasteiger partial charge in [-0.2, -0.15) is 4.98 Å². The highest BCUT2D eigenvalue weighted by atomic mass is 35.5. The third kappa shape index (κ3) is 5.42. The van der Waals surface area contributed by atoms with Crippen LogP contribution in [0.5, 0.6) is 0 Å². The zero-order chi connectivity index (χ0) is 21.9. The zero-order valence-electron chi connectivity index (χ0n) is 15.8. The Kier molecular flexibility index (Phi) is 6.51. The van der Waals surface area contributed by atoms with Gasteiger partial charge in [-0.1, -0.05) is 35.1 Å². The standard InChI is InChI=1S/C17H17ClN6O4S2/c1-9-14(15(25)28-2)29-17(21-9)24-16-22-12(18)7-13(23-16)20-8-10-3-5-11(6-4-10)30(19,26)27/h3-7H,8H2,1-2H3,(H2,19,26,27)(H2,20,21,22,23,24). The minimum atomic E-state index is -3.74. The molecule has 0 bridgehead atoms. The second-order valence-corrected chi connectivity index (χ2v) is 8.94. The molecule has 0 amide bonds. The summed E-state index contributed by atoms with van der Waals surface area (Å²) in [5.41, 5.74) is 1.34. The summed E-state index contributed by atoms with van der Waals surface area (Å²) in [7, 11) is -2.44. The zero-order valence-corrected chi connectivity index (χ0v) is 18.2. The van der Waals surface area contributed by atoms with Crippen molar-refractivity contribution >= 4 is 55.8 Å². The van der Waals surface area contributed by atoms with E-state index in [1.165, 1.54) is 19.2 Å². The lowest BCUT2D eigenvalue weighted by Crippen LogP contribution is -2.12. The lowest BCUT2D eigenvalue weighted by atomic mass is 10.2. The largest absolute Gasteiger partial charge is 0.465 e. The molecular formula is C17H17ClN6O4S2. The Labute approximate surface area is 181 Å². The Morgan fingerprint density at radius 1 is 1.23 bits per heavy atom. The topological polar surface area (TPSA) is 149 Å². The lowest BCUT2D eigenvalue weighted by molar-refractivity contribution is 0.0605. The monoisotopic (exact) mass is 468 g/mol. The van der Waals surface area contributed by atoms with Crippen molar-refractivity contribution in [3.8, 4) is 0 Å². The first-order valence-electron chi connectivity index (χ1n) is 8.38. The number of ether oxygens (including phenoxy) is 1. The molecule has 0 aliphatic rings. The van der Waals surface area contributed by atoms with E-state index in [1.54, 1.807) is 25.1 Å². The Hall–Kier alpha value is -2.80. The van der Waals surface area contributed by atoms with Crippen molar-refractivity contribution in [2.24, 2.45) is 5.14 Å². The van der Waals surface area contributed by atoms with Gasteiger partial charge in [-0.3, -0.25) is 5.32 Å². The summed E-state index contributed by atoms with van der Waals surface area (Å²) in [6, 6.07) is 7.67. The maximum Gasteiger partial charge on any atom is 0.350 e. The van der Waals surface area contributed by atoms with Gasteiger partial charge >= 0.3 is 5.97 Å². The van der Waals surface area contributed by atoms with Crippen LogP contribution in [0.1, 0.15) is 20.9 Å². The van der Waals surface area contributed by atoms with Crippen LogP contribution >= 0.6 is 22.9 Å². The summed E-state index contributed by atoms with van der Waals surface area (Å²) in [5, 5.41) is 11.7. The molecular weight excluding hydrogens is 452 g/mol. The molecule has 0 atom stereocenters. The summed E-state index contributed by atoms with van der Waals surface area (Å²) < 4.78 is 27.4. The number of nitrogens with one attached hydrogen (secondary N) is 2. The van der Waals surface area contributed by atoms with Crippen molar-refractivity contribution in [1.29, 1.82) is 0 Å². The van der Waals surface area contributed by atoms with Crippen LogP contribution in [-0.2, 0) is 21.3 Å². The molecule has 0 spiro atoms. The highest BCUT2D eigenvalue weighted by Crippen LogP contribution is 2.26. The van der Waals surface area contributed by atoms with Gasteiger partial charge in [0.2, 0.25) is 16.0 Å². The lowest BCUT2D eigenvalue weighted by Gasteiger charge is -2.09. The van der Waals surface area contributed by atoms with Gasteiger partial charge in [0.25, 0.3) is 0 Å². The fraction of sp³-hybridized carbons (Fsp3) is 0.176. The van der Waals surface area contributed by atoms with E-state index in [1.807, 2.05) is 0 Å². The van der Waals surface area contributed by atoms with E-state index in [0.717, 1.165) is 16.9 Å². The second kappa shape index (κ2) is 8.92. The van der Waals surface area contributed by atoms with Gasteiger partial charge in [-0.15, -0.1) is 0 Å². The number of esters is 1. The number of carbonyl (C=O) groups excluding carboxylic acids is 1. The normalized spacial score (nSPS) is 11.2. The summed E-state index contributed by atoms with van der Waals surface area (Å²) in [5.74, 6) is 0.162. The van der Waals surface area contributed by atoms with Crippen LogP contribution in [0.25, 0.3) is 0 Å². The van der Waals surface area contributed by atoms with Crippen LogP contribution in [0.15, 0.2) is 35.2 Å². The van der Waals surface area contributed by atoms with E-state index >= 15 is 0 Å². The number of benzene rings is 1. The Morgan fingerprint density at radius 2 is 1.93 bits per heavy atom. The number of halogens is 1. The molecule has 0 saturated heterocycles. The Bertz CT molecular complexity index is 1180. The molecule has 30 heavy (non-hydrogen) atoms. The van der Waals surface area contributed by atoms with Gasteiger partial charge in [0.05, 0.1) is 17.7 Å². The predicted octanol–water partition coefficient (Wildman–Crippen LogP) is 2.68. The van der Waals surface area contributed by atoms with Crippen LogP contribution in [0, 0.1) is 6.92 Å². The number of rotatable bonds is 7. The number of nitrogens with zero attached hydrogens (tertiary/aromatic N) is 3. The third-order valence-electron chi connectivity index (χ3n) is 3.81. The number of aromatic nitrogens is 3. The number of nitrogens with two attached hydrogens (primary N) is 1. The third-order valence-corrected chi connectivity index (χ3v) is 5.98. The van der Waals surface area contributed by atoms with Gasteiger partial charge in [0.1, 0.15) is 15.8 Å². The summed E-state index contributed by atoms with van der Waals surface area (Å²) in [6.45, 7) is 2.06. The number of sulfonamides is 1. The minimum Gasteiger partial charge on any atom is -0.465 e. The fourth-order valence-electron chi connectivity index (χ4n) is 2.38. The summed E-state index contributed by atoms with van der Waals surface area (Å²) >= 11 is 7.19. The second-order valence-electron chi connectivity index (χ2n) is 5.99. The summed E-state index contributed by atoms with van der Waals surface area (Å²) in [6.07, 6.45) is 0. The van der Waals surface area contributed by atoms with Crippen LogP contribution in [-0.4, -0.2) is 36.4 Å². The number of methoxy groups -OCH3 is 1. The molecule has 3 rings (SSSR count). The molecule has 1 aromatic carbocycles. The average Bonchev–Trinajstić information content (AvgIpc) is 3.05. The molecule has 0 fully saturated rings. The summed E-state index contributed by atoms with van der Waals surface area (Å²) in [4.78, 5) is 24.8. The van der Waals surface area contributed by atoms with E-state index in [0.29, 0.717) is 28.1 Å². The molecule has 2 heterocycles. The van der Waals surface area contributed by atoms with Crippen molar-refractivity contribution in [2.45, 2.75) is 18.4 Å². The van der Waals surface area contributed by atoms with Gasteiger partial charge in [-0.05, 0) is 24.6 Å². The average molecular weight is 469 g/mol. The van der Waals surface area contributed by atoms with Gasteiger partial charge in [0.15, 0.2) is 5.13 Å². The molecule has 3 aromatic rings. The first-order valence-corrected chi connectivity index (χ1v) is 11.1. The number of carbonyl (C=O) groups is 1. The number of primary sulfonamides is 1. The number of hydrogen-bond acceptors (Lipinski definition) is 10. The van der Waals surface area contributed by atoms with Crippen molar-refractivity contribution in [3.05, 3.63) is 51.6 Å². The van der Waals surface area contributed by atoms with Crippen molar-refractivity contribution < 1.29 is 17.9 Å². The van der Waals surface area contributed by atoms with Gasteiger partial charge in [-0.25, -0.2) is 28.3 Å². The number of anilines is 3. The molecule has 13 heteroatoms. The molecule has 0 unspecified atom stereocenters. The van der Waals surface area contributed by atoms with Crippen molar-refractivity contribution in [2.75, 3.05) is 17.7 Å². The first kappa shape index (κ1) is 21.9. The molecule has 0 saturated carbocycles. The van der Waals surface area contributed by atoms with Crippen LogP contribution < -0.4 is 15.8 Å². The van der Waals surface area contributed by atoms with E-state index in [4.69, 9.17) is 21.5 Å². The molecule has 0 radical (unpaired) electrons. The van der Waals surface area contributed by atoms with Crippen molar-refractivity contribution in [3.63, 3.8) is 0 Å². The predicted molar refractivity (Wildman–Crippen MR) is 114 cm³/mol. The number of hydrogen-bond donors (Lipinski definition) is 3. The molecule has 0 aliphatic carbocycles. The Morgan fingerprint density at radius 3 is 2.57 bits per heavy atom. The SMILES string of the molecule is COC(=O)c1sc(Nc2nc(Cl)cc(NCc3ccc(S(N)(=O)=O)cc3)n2)nc1C. The fourth-order valence-corrected chi connectivity index (χ4v) is 3.96. The van der Waals surface area contributed by atoms with Crippen molar-refractivity contribution in [1.82, 2.24) is 15.0 Å². The molecule has 0 aliphatic heterocycles. The Balaban J connectivity index is 1.72. The smallest absolute Gasteiger partial charge is 0.350 e. The maximum absolute atomic E-state index is 11.7. The van der Waals surface area contributed by atoms with E-state index < -0.39 is 16.0 Å². The molecule has 10 nitrogen and oxygen atoms in total. The van der Waals surface area contributed by atoms with E-state index in [2.05, 4.69) is 25.6 Å². The minimum absolute atomic E-state index is 0.0351. The van der Waals surface area contributed by atoms with Gasteiger partial charge < -0.3 is 10.1 Å². The van der Waals surface area contributed by atoms with Gasteiger partial charge in [0, 0.05) is 12.6 Å². The molecule has 2 aromatic heterocycles. The number of thiazole rings is 1. The molecule has 158 valence electrons. The van der Waals surface area contributed by atoms with Crippen LogP contribution in [0.3, 0.4) is 0 Å². The maximum atomic E-state index is 11.7.